The molecule has 0 radical (unpaired) electrons. The summed E-state index contributed by atoms with van der Waals surface area (Å²) in [6.45, 7) is 5.86. The van der Waals surface area contributed by atoms with Crippen LogP contribution in [-0.2, 0) is 16.0 Å². The second kappa shape index (κ2) is 7.83. The molecule has 0 aliphatic rings. The summed E-state index contributed by atoms with van der Waals surface area (Å²) in [5, 5.41) is 2.72. The molecule has 0 aliphatic heterocycles. The Kier molecular flexibility index (Phi) is 5.80. The molecule has 0 spiro atoms. The van der Waals surface area contributed by atoms with Crippen LogP contribution in [0.2, 0.25) is 0 Å². The summed E-state index contributed by atoms with van der Waals surface area (Å²) >= 11 is 0. The minimum atomic E-state index is -0.515. The van der Waals surface area contributed by atoms with Gasteiger partial charge in [-0.3, -0.25) is 0 Å². The van der Waals surface area contributed by atoms with Crippen molar-refractivity contribution >= 4 is 12.1 Å². The number of hydrogen-bond donors (Lipinski definition) is 1. The minimum absolute atomic E-state index is 0.361. The van der Waals surface area contributed by atoms with E-state index in [-0.39, 0.29) is 5.97 Å². The second-order valence-electron chi connectivity index (χ2n) is 6.62. The number of benzene rings is 2. The first-order valence-corrected chi connectivity index (χ1v) is 8.03. The van der Waals surface area contributed by atoms with Gasteiger partial charge < -0.3 is 14.8 Å². The van der Waals surface area contributed by atoms with Crippen LogP contribution in [0.25, 0.3) is 11.1 Å². The van der Waals surface area contributed by atoms with Gasteiger partial charge in [-0.2, -0.15) is 0 Å². The largest absolute Gasteiger partial charge is 0.465 e. The lowest BCUT2D eigenvalue weighted by atomic mass is 10.0. The Balaban J connectivity index is 2.03. The highest BCUT2D eigenvalue weighted by atomic mass is 16.6. The van der Waals surface area contributed by atoms with Crippen LogP contribution >= 0.6 is 0 Å². The van der Waals surface area contributed by atoms with Crippen molar-refractivity contribution in [1.82, 2.24) is 5.32 Å². The molecule has 132 valence electrons. The highest BCUT2D eigenvalue weighted by molar-refractivity contribution is 5.90. The Hall–Kier alpha value is -2.82. The number of carbonyl (C=O) groups excluding carboxylic acids is 2. The van der Waals surface area contributed by atoms with Gasteiger partial charge in [0.15, 0.2) is 0 Å². The molecule has 0 bridgehead atoms. The third-order valence-corrected chi connectivity index (χ3v) is 3.41. The predicted molar refractivity (Wildman–Crippen MR) is 96.3 cm³/mol. The molecule has 25 heavy (non-hydrogen) atoms. The fourth-order valence-corrected chi connectivity index (χ4v) is 2.25. The van der Waals surface area contributed by atoms with E-state index < -0.39 is 11.7 Å². The van der Waals surface area contributed by atoms with Gasteiger partial charge in [0.2, 0.25) is 0 Å². The number of carbonyl (C=O) groups is 2. The van der Waals surface area contributed by atoms with E-state index in [1.807, 2.05) is 57.2 Å². The number of methoxy groups -OCH3 is 1. The van der Waals surface area contributed by atoms with Crippen LogP contribution in [0.1, 0.15) is 36.7 Å². The zero-order valence-corrected chi connectivity index (χ0v) is 15.0. The second-order valence-corrected chi connectivity index (χ2v) is 6.62. The number of esters is 1. The van der Waals surface area contributed by atoms with Crippen molar-refractivity contribution in [3.05, 3.63) is 59.7 Å². The molecule has 0 unspecified atom stereocenters. The van der Waals surface area contributed by atoms with E-state index in [1.165, 1.54) is 7.11 Å². The van der Waals surface area contributed by atoms with E-state index in [0.717, 1.165) is 16.7 Å². The van der Waals surface area contributed by atoms with Gasteiger partial charge in [0, 0.05) is 6.54 Å². The number of nitrogens with one attached hydrogen (secondary N) is 1. The van der Waals surface area contributed by atoms with Crippen LogP contribution in [-0.4, -0.2) is 24.8 Å². The van der Waals surface area contributed by atoms with E-state index >= 15 is 0 Å². The molecule has 0 heterocycles. The van der Waals surface area contributed by atoms with Crippen molar-refractivity contribution in [2.75, 3.05) is 7.11 Å². The third-order valence-electron chi connectivity index (χ3n) is 3.41. The molecule has 1 amide bonds. The summed E-state index contributed by atoms with van der Waals surface area (Å²) in [4.78, 5) is 23.3. The Bertz CT molecular complexity index is 745. The number of rotatable bonds is 4. The first kappa shape index (κ1) is 18.5. The van der Waals surface area contributed by atoms with E-state index in [2.05, 4.69) is 5.32 Å². The van der Waals surface area contributed by atoms with Gasteiger partial charge in [-0.15, -0.1) is 0 Å². The quantitative estimate of drug-likeness (QED) is 0.848. The number of hydrogen-bond acceptors (Lipinski definition) is 4. The average molecular weight is 341 g/mol. The zero-order valence-electron chi connectivity index (χ0n) is 15.0. The molecule has 0 saturated heterocycles. The topological polar surface area (TPSA) is 64.6 Å². The first-order valence-electron chi connectivity index (χ1n) is 8.03. The van der Waals surface area contributed by atoms with Crippen molar-refractivity contribution < 1.29 is 19.1 Å². The van der Waals surface area contributed by atoms with Crippen LogP contribution in [0.15, 0.2) is 48.5 Å². The minimum Gasteiger partial charge on any atom is -0.465 e. The van der Waals surface area contributed by atoms with Crippen LogP contribution in [0.5, 0.6) is 0 Å². The summed E-state index contributed by atoms with van der Waals surface area (Å²) in [6.07, 6.45) is -0.442. The van der Waals surface area contributed by atoms with Crippen LogP contribution in [0.3, 0.4) is 0 Å². The Morgan fingerprint density at radius 1 is 1.00 bits per heavy atom. The fraction of sp³-hybridized carbons (Fsp3) is 0.300. The lowest BCUT2D eigenvalue weighted by Crippen LogP contribution is -2.32. The maximum Gasteiger partial charge on any atom is 0.407 e. The molecule has 2 aromatic carbocycles. The van der Waals surface area contributed by atoms with E-state index in [4.69, 9.17) is 9.47 Å². The summed E-state index contributed by atoms with van der Waals surface area (Å²) in [5.74, 6) is -0.361. The standard InChI is InChI=1S/C20H23NO4/c1-20(2,3)25-19(23)21-13-14-8-10-15(11-9-14)16-6-5-7-17(12-16)18(22)24-4/h5-12H,13H2,1-4H3,(H,21,23). The Morgan fingerprint density at radius 2 is 1.68 bits per heavy atom. The van der Waals surface area contributed by atoms with Crippen molar-refractivity contribution in [3.63, 3.8) is 0 Å². The maximum atomic E-state index is 11.7. The van der Waals surface area contributed by atoms with E-state index in [1.54, 1.807) is 12.1 Å². The van der Waals surface area contributed by atoms with Crippen LogP contribution < -0.4 is 5.32 Å². The van der Waals surface area contributed by atoms with E-state index in [9.17, 15) is 9.59 Å². The monoisotopic (exact) mass is 341 g/mol. The zero-order chi connectivity index (χ0) is 18.4. The molecule has 0 atom stereocenters. The highest BCUT2D eigenvalue weighted by Crippen LogP contribution is 2.21. The van der Waals surface area contributed by atoms with Crippen LogP contribution in [0, 0.1) is 0 Å². The van der Waals surface area contributed by atoms with Crippen molar-refractivity contribution in [3.8, 4) is 11.1 Å². The lowest BCUT2D eigenvalue weighted by molar-refractivity contribution is 0.0522. The molecular weight excluding hydrogens is 318 g/mol. The number of ether oxygens (including phenoxy) is 2. The van der Waals surface area contributed by atoms with Gasteiger partial charge in [0.1, 0.15) is 5.60 Å². The summed E-state index contributed by atoms with van der Waals surface area (Å²) in [5.41, 5.74) is 2.86. The molecule has 5 nitrogen and oxygen atoms in total. The first-order chi connectivity index (χ1) is 11.8. The molecule has 1 N–H and O–H groups in total. The van der Waals surface area contributed by atoms with Crippen molar-refractivity contribution in [2.24, 2.45) is 0 Å². The lowest BCUT2D eigenvalue weighted by Gasteiger charge is -2.19. The molecule has 2 aromatic rings. The molecule has 5 heteroatoms. The molecule has 0 aromatic heterocycles. The summed E-state index contributed by atoms with van der Waals surface area (Å²) in [6, 6.07) is 15.0. The molecule has 0 saturated carbocycles. The Labute approximate surface area is 148 Å². The predicted octanol–water partition coefficient (Wildman–Crippen LogP) is 4.16. The number of alkyl carbamates (subject to hydrolysis) is 1. The molecule has 0 fully saturated rings. The molecular formula is C20H23NO4. The van der Waals surface area contributed by atoms with Crippen molar-refractivity contribution in [1.29, 1.82) is 0 Å². The van der Waals surface area contributed by atoms with Crippen molar-refractivity contribution in [2.45, 2.75) is 32.9 Å². The van der Waals surface area contributed by atoms with Gasteiger partial charge in [0.05, 0.1) is 12.7 Å². The SMILES string of the molecule is COC(=O)c1cccc(-c2ccc(CNC(=O)OC(C)(C)C)cc2)c1. The highest BCUT2D eigenvalue weighted by Gasteiger charge is 2.15. The summed E-state index contributed by atoms with van der Waals surface area (Å²) in [7, 11) is 1.36. The van der Waals surface area contributed by atoms with Gasteiger partial charge in [0.25, 0.3) is 0 Å². The number of amides is 1. The average Bonchev–Trinajstić information content (AvgIpc) is 2.58. The third kappa shape index (κ3) is 5.64. The van der Waals surface area contributed by atoms with Gasteiger partial charge >= 0.3 is 12.1 Å². The normalized spacial score (nSPS) is 10.9. The van der Waals surface area contributed by atoms with E-state index in [0.29, 0.717) is 12.1 Å². The summed E-state index contributed by atoms with van der Waals surface area (Å²) < 4.78 is 9.95. The maximum absolute atomic E-state index is 11.7. The van der Waals surface area contributed by atoms with Gasteiger partial charge in [-0.05, 0) is 49.6 Å². The smallest absolute Gasteiger partial charge is 0.407 e. The molecule has 0 aliphatic carbocycles. The Morgan fingerprint density at radius 3 is 2.28 bits per heavy atom. The van der Waals surface area contributed by atoms with Crippen LogP contribution in [0.4, 0.5) is 4.79 Å². The molecule has 2 rings (SSSR count). The fourth-order valence-electron chi connectivity index (χ4n) is 2.25. The van der Waals surface area contributed by atoms with Gasteiger partial charge in [-0.25, -0.2) is 9.59 Å². The van der Waals surface area contributed by atoms with Gasteiger partial charge in [-0.1, -0.05) is 36.4 Å².